The number of carbonyl (C=O) groups excluding carboxylic acids is 1. The van der Waals surface area contributed by atoms with Crippen molar-refractivity contribution in [2.45, 2.75) is 57.1 Å². The van der Waals surface area contributed by atoms with Gasteiger partial charge in [-0.05, 0) is 80.0 Å². The molecule has 1 saturated carbocycles. The number of hydrogen-bond acceptors (Lipinski definition) is 5. The highest BCUT2D eigenvalue weighted by Crippen LogP contribution is 2.37. The molecule has 0 bridgehead atoms. The van der Waals surface area contributed by atoms with Gasteiger partial charge in [0.15, 0.2) is 5.79 Å². The summed E-state index contributed by atoms with van der Waals surface area (Å²) in [6.07, 6.45) is 5.59. The lowest BCUT2D eigenvalue weighted by atomic mass is 9.90. The van der Waals surface area contributed by atoms with Crippen LogP contribution in [-0.4, -0.2) is 34.9 Å². The smallest absolute Gasteiger partial charge is 0.253 e. The van der Waals surface area contributed by atoms with Crippen LogP contribution in [0.5, 0.6) is 0 Å². The normalized spacial score (nSPS) is 25.3. The van der Waals surface area contributed by atoms with Gasteiger partial charge in [0.05, 0.1) is 35.3 Å². The number of aromatic nitrogens is 1. The maximum Gasteiger partial charge on any atom is 0.253 e. The number of anilines is 2. The van der Waals surface area contributed by atoms with E-state index in [1.807, 2.05) is 36.4 Å². The minimum atomic E-state index is -0.644. The van der Waals surface area contributed by atoms with Crippen molar-refractivity contribution in [3.8, 4) is 0 Å². The van der Waals surface area contributed by atoms with E-state index >= 15 is 0 Å². The van der Waals surface area contributed by atoms with Crippen LogP contribution in [0.1, 0.15) is 43.5 Å². The molecule has 6 nitrogen and oxygen atoms in total. The van der Waals surface area contributed by atoms with E-state index in [4.69, 9.17) is 9.47 Å². The molecule has 4 rings (SSSR count). The lowest BCUT2D eigenvalue weighted by molar-refractivity contribution is -0.147. The van der Waals surface area contributed by atoms with Gasteiger partial charge >= 0.3 is 0 Å². The van der Waals surface area contributed by atoms with Crippen molar-refractivity contribution in [2.24, 2.45) is 0 Å². The maximum atomic E-state index is 14.2. The molecule has 1 aromatic carbocycles. The van der Waals surface area contributed by atoms with E-state index in [0.29, 0.717) is 16.9 Å². The predicted molar refractivity (Wildman–Crippen MR) is 116 cm³/mol. The van der Waals surface area contributed by atoms with E-state index in [0.717, 1.165) is 22.8 Å². The van der Waals surface area contributed by atoms with Gasteiger partial charge < -0.3 is 20.1 Å². The van der Waals surface area contributed by atoms with E-state index < -0.39 is 5.79 Å². The zero-order valence-corrected chi connectivity index (χ0v) is 18.4. The van der Waals surface area contributed by atoms with Crippen molar-refractivity contribution < 1.29 is 18.7 Å². The third-order valence-corrected chi connectivity index (χ3v) is 5.88. The number of nitrogens with one attached hydrogen (secondary N) is 2. The number of nitrogens with zero attached hydrogens (tertiary/aromatic N) is 1. The Hall–Kier alpha value is -1.78. The first-order valence-corrected chi connectivity index (χ1v) is 10.7. The monoisotopic (exact) mass is 511 g/mol. The Morgan fingerprint density at radius 1 is 1.24 bits per heavy atom. The van der Waals surface area contributed by atoms with Crippen LogP contribution < -0.4 is 10.6 Å². The largest absolute Gasteiger partial charge is 0.351 e. The number of carbonyl (C=O) groups is 1. The zero-order valence-electron chi connectivity index (χ0n) is 16.2. The van der Waals surface area contributed by atoms with Crippen molar-refractivity contribution in [3.05, 3.63) is 51.6 Å². The number of pyridine rings is 1. The van der Waals surface area contributed by atoms with Crippen LogP contribution in [0.25, 0.3) is 0 Å². The minimum Gasteiger partial charge on any atom is -0.351 e. The third kappa shape index (κ3) is 4.54. The van der Waals surface area contributed by atoms with Crippen LogP contribution in [0, 0.1) is 9.39 Å². The molecule has 2 fully saturated rings. The molecule has 154 valence electrons. The van der Waals surface area contributed by atoms with Crippen LogP contribution in [0.3, 0.4) is 0 Å². The summed E-state index contributed by atoms with van der Waals surface area (Å²) in [4.78, 5) is 17.1. The SMILES string of the molecule is CC1(C)O[C@H]2[C@H](NC(=O)c3ccncc3Nc3ccc(I)cc3F)CCC[C@H]2O1. The van der Waals surface area contributed by atoms with Crippen LogP contribution in [0.4, 0.5) is 15.8 Å². The molecule has 8 heteroatoms. The second-order valence-electron chi connectivity index (χ2n) is 7.82. The maximum absolute atomic E-state index is 14.2. The van der Waals surface area contributed by atoms with Crippen molar-refractivity contribution in [1.29, 1.82) is 0 Å². The molecule has 3 atom stereocenters. The van der Waals surface area contributed by atoms with Gasteiger partial charge in [-0.15, -0.1) is 0 Å². The van der Waals surface area contributed by atoms with Crippen molar-refractivity contribution >= 4 is 39.9 Å². The Labute approximate surface area is 182 Å². The van der Waals surface area contributed by atoms with Crippen molar-refractivity contribution in [3.63, 3.8) is 0 Å². The topological polar surface area (TPSA) is 72.5 Å². The summed E-state index contributed by atoms with van der Waals surface area (Å²) in [5, 5.41) is 6.08. The Balaban J connectivity index is 1.52. The quantitative estimate of drug-likeness (QED) is 0.597. The van der Waals surface area contributed by atoms with Crippen LogP contribution in [0.2, 0.25) is 0 Å². The number of halogens is 2. The fraction of sp³-hybridized carbons (Fsp3) is 0.429. The highest BCUT2D eigenvalue weighted by molar-refractivity contribution is 14.1. The third-order valence-electron chi connectivity index (χ3n) is 5.20. The van der Waals surface area contributed by atoms with Gasteiger partial charge in [-0.25, -0.2) is 4.39 Å². The molecule has 1 amide bonds. The molecular formula is C21H23FIN3O3. The molecule has 2 N–H and O–H groups in total. The van der Waals surface area contributed by atoms with Gasteiger partial charge in [-0.2, -0.15) is 0 Å². The molecule has 1 aliphatic heterocycles. The zero-order chi connectivity index (χ0) is 20.6. The number of ether oxygens (including phenoxy) is 2. The van der Waals surface area contributed by atoms with E-state index in [1.165, 1.54) is 12.3 Å². The van der Waals surface area contributed by atoms with E-state index in [1.54, 1.807) is 24.4 Å². The lowest BCUT2D eigenvalue weighted by Gasteiger charge is -2.32. The first-order chi connectivity index (χ1) is 13.8. The number of amides is 1. The second-order valence-corrected chi connectivity index (χ2v) is 9.07. The molecule has 29 heavy (non-hydrogen) atoms. The summed E-state index contributed by atoms with van der Waals surface area (Å²) in [6, 6.07) is 6.35. The summed E-state index contributed by atoms with van der Waals surface area (Å²) in [6.45, 7) is 3.79. The molecular weight excluding hydrogens is 488 g/mol. The molecule has 0 unspecified atom stereocenters. The summed E-state index contributed by atoms with van der Waals surface area (Å²) >= 11 is 2.05. The van der Waals surface area contributed by atoms with Gasteiger partial charge in [-0.3, -0.25) is 9.78 Å². The molecule has 0 radical (unpaired) electrons. The van der Waals surface area contributed by atoms with Gasteiger partial charge in [0.25, 0.3) is 5.91 Å². The summed E-state index contributed by atoms with van der Waals surface area (Å²) in [5.74, 6) is -1.28. The molecule has 2 aromatic rings. The van der Waals surface area contributed by atoms with Crippen molar-refractivity contribution in [1.82, 2.24) is 10.3 Å². The Bertz CT molecular complexity index is 924. The van der Waals surface area contributed by atoms with Crippen LogP contribution in [-0.2, 0) is 9.47 Å². The first-order valence-electron chi connectivity index (χ1n) is 9.65. The molecule has 0 spiro atoms. The number of hydrogen-bond donors (Lipinski definition) is 2. The number of rotatable bonds is 4. The molecule has 1 aromatic heterocycles. The minimum absolute atomic E-state index is 0.0139. The number of benzene rings is 1. The highest BCUT2D eigenvalue weighted by Gasteiger charge is 2.47. The summed E-state index contributed by atoms with van der Waals surface area (Å²) in [5.41, 5.74) is 1.14. The fourth-order valence-electron chi connectivity index (χ4n) is 3.96. The lowest BCUT2D eigenvalue weighted by Crippen LogP contribution is -2.50. The number of fused-ring (bicyclic) bond motifs is 1. The molecule has 1 aliphatic carbocycles. The van der Waals surface area contributed by atoms with Gasteiger partial charge in [0, 0.05) is 9.77 Å². The van der Waals surface area contributed by atoms with Crippen LogP contribution in [0.15, 0.2) is 36.7 Å². The Kier molecular flexibility index (Phi) is 5.76. The van der Waals surface area contributed by atoms with Crippen molar-refractivity contribution in [2.75, 3.05) is 5.32 Å². The summed E-state index contributed by atoms with van der Waals surface area (Å²) < 4.78 is 27.0. The Morgan fingerprint density at radius 2 is 2.07 bits per heavy atom. The Morgan fingerprint density at radius 3 is 2.86 bits per heavy atom. The van der Waals surface area contributed by atoms with E-state index in [2.05, 4.69) is 15.6 Å². The molecule has 2 aliphatic rings. The standard InChI is InChI=1S/C21H23FIN3O3/c1-21(2)28-18-5-3-4-16(19(18)29-21)26-20(27)13-8-9-24-11-17(13)25-15-7-6-12(23)10-14(15)22/h6-11,16,18-19,25H,3-5H2,1-2H3,(H,26,27)/t16-,18-,19+/m1/s1. The van der Waals surface area contributed by atoms with Gasteiger partial charge in [0.1, 0.15) is 11.9 Å². The van der Waals surface area contributed by atoms with E-state index in [-0.39, 0.29) is 30.0 Å². The van der Waals surface area contributed by atoms with E-state index in [9.17, 15) is 9.18 Å². The molecule has 2 heterocycles. The molecule has 1 saturated heterocycles. The fourth-order valence-corrected chi connectivity index (χ4v) is 4.41. The highest BCUT2D eigenvalue weighted by atomic mass is 127. The van der Waals surface area contributed by atoms with Crippen LogP contribution >= 0.6 is 22.6 Å². The second kappa shape index (κ2) is 8.16. The summed E-state index contributed by atoms with van der Waals surface area (Å²) in [7, 11) is 0. The predicted octanol–water partition coefficient (Wildman–Crippen LogP) is 4.37. The van der Waals surface area contributed by atoms with Gasteiger partial charge in [-0.1, -0.05) is 0 Å². The first kappa shape index (κ1) is 20.5. The van der Waals surface area contributed by atoms with Gasteiger partial charge in [0.2, 0.25) is 0 Å². The average Bonchev–Trinajstić information content (AvgIpc) is 2.99. The average molecular weight is 511 g/mol.